The lowest BCUT2D eigenvalue weighted by Gasteiger charge is -2.45. The number of hydrogen-bond acceptors (Lipinski definition) is 7. The minimum Gasteiger partial charge on any atom is -0.349 e. The summed E-state index contributed by atoms with van der Waals surface area (Å²) >= 11 is 6.79. The van der Waals surface area contributed by atoms with E-state index < -0.39 is 17.6 Å². The van der Waals surface area contributed by atoms with Crippen LogP contribution in [0.5, 0.6) is 0 Å². The number of halogens is 4. The summed E-state index contributed by atoms with van der Waals surface area (Å²) in [6, 6.07) is 2.72. The number of fused-ring (bicyclic) bond motifs is 2. The van der Waals surface area contributed by atoms with Crippen LogP contribution in [-0.2, 0) is 4.79 Å². The number of aromatic amines is 1. The maximum atomic E-state index is 16.8. The van der Waals surface area contributed by atoms with Crippen molar-refractivity contribution in [2.45, 2.75) is 38.9 Å². The van der Waals surface area contributed by atoms with Crippen molar-refractivity contribution in [3.63, 3.8) is 0 Å². The van der Waals surface area contributed by atoms with Gasteiger partial charge in [-0.05, 0) is 58.6 Å². The zero-order chi connectivity index (χ0) is 30.9. The average molecular weight is 613 g/mol. The second-order valence-electron chi connectivity index (χ2n) is 11.7. The molecule has 2 aromatic heterocycles. The van der Waals surface area contributed by atoms with E-state index in [-0.39, 0.29) is 50.6 Å². The van der Waals surface area contributed by atoms with Gasteiger partial charge in [0.1, 0.15) is 16.9 Å². The van der Waals surface area contributed by atoms with E-state index in [2.05, 4.69) is 26.7 Å². The van der Waals surface area contributed by atoms with Gasteiger partial charge in [0.05, 0.1) is 10.4 Å². The van der Waals surface area contributed by atoms with Crippen molar-refractivity contribution in [2.75, 3.05) is 50.1 Å². The fourth-order valence-electron chi connectivity index (χ4n) is 6.12. The summed E-state index contributed by atoms with van der Waals surface area (Å²) in [7, 11) is 3.99. The van der Waals surface area contributed by atoms with Crippen molar-refractivity contribution >= 4 is 51.1 Å². The molecule has 2 aliphatic rings. The zero-order valence-electron chi connectivity index (χ0n) is 24.6. The third-order valence-electron chi connectivity index (χ3n) is 8.63. The Morgan fingerprint density at radius 3 is 2.47 bits per heavy atom. The Labute approximate surface area is 251 Å². The lowest BCUT2D eigenvalue weighted by molar-refractivity contribution is -0.128. The largest absolute Gasteiger partial charge is 0.349 e. The van der Waals surface area contributed by atoms with Crippen LogP contribution in [0.2, 0.25) is 5.02 Å². The quantitative estimate of drug-likeness (QED) is 0.321. The molecular formula is C30H32ClF3N8O. The number of nitrogens with zero attached hydrogens (tertiary/aromatic N) is 7. The highest BCUT2D eigenvalue weighted by Gasteiger charge is 2.36. The number of hydrogen-bond donors (Lipinski definition) is 1. The smallest absolute Gasteiger partial charge is 0.246 e. The summed E-state index contributed by atoms with van der Waals surface area (Å²) in [5.41, 5.74) is 0.0665. The first-order chi connectivity index (χ1) is 20.4. The highest BCUT2D eigenvalue weighted by atomic mass is 35.5. The molecule has 43 heavy (non-hydrogen) atoms. The van der Waals surface area contributed by atoms with Gasteiger partial charge in [-0.3, -0.25) is 9.89 Å². The van der Waals surface area contributed by atoms with Crippen molar-refractivity contribution in [2.24, 2.45) is 0 Å². The maximum absolute atomic E-state index is 16.8. The van der Waals surface area contributed by atoms with Gasteiger partial charge in [-0.15, -0.1) is 0 Å². The molecule has 2 atom stereocenters. The average Bonchev–Trinajstić information content (AvgIpc) is 3.31. The molecule has 2 saturated heterocycles. The predicted octanol–water partition coefficient (Wildman–Crippen LogP) is 4.91. The van der Waals surface area contributed by atoms with Crippen LogP contribution < -0.4 is 9.80 Å². The number of amides is 1. The third kappa shape index (κ3) is 4.67. The van der Waals surface area contributed by atoms with E-state index in [0.717, 1.165) is 0 Å². The van der Waals surface area contributed by atoms with Crippen molar-refractivity contribution in [1.82, 2.24) is 30.0 Å². The molecular weight excluding hydrogens is 581 g/mol. The molecule has 0 bridgehead atoms. The molecule has 2 aromatic carbocycles. The molecule has 1 N–H and O–H groups in total. The normalized spacial score (nSPS) is 19.5. The number of H-pyrrole nitrogens is 1. The highest BCUT2D eigenvalue weighted by molar-refractivity contribution is 6.35. The lowest BCUT2D eigenvalue weighted by Crippen LogP contribution is -2.59. The van der Waals surface area contributed by atoms with Gasteiger partial charge in [-0.1, -0.05) is 18.2 Å². The molecule has 0 saturated carbocycles. The SMILES string of the molecule is C=CC(=O)N1C[C@H](C)N(c2nc(N3CC(N(C)C)C3)nc3c(F)c(-c4c(C)cc(F)c5n[nH]c(F)c45)c(Cl)cc23)C[C@H]1C. The number of aryl methyl sites for hydroxylation is 1. The van der Waals surface area contributed by atoms with Gasteiger partial charge < -0.3 is 19.6 Å². The van der Waals surface area contributed by atoms with Crippen LogP contribution in [0.25, 0.3) is 32.9 Å². The third-order valence-corrected chi connectivity index (χ3v) is 8.93. The summed E-state index contributed by atoms with van der Waals surface area (Å²) in [4.78, 5) is 30.0. The Morgan fingerprint density at radius 1 is 1.07 bits per heavy atom. The molecule has 13 heteroatoms. The summed E-state index contributed by atoms with van der Waals surface area (Å²) in [5, 5.41) is 6.09. The Balaban J connectivity index is 1.56. The van der Waals surface area contributed by atoms with Crippen LogP contribution >= 0.6 is 11.6 Å². The number of nitrogens with one attached hydrogen (secondary N) is 1. The molecule has 9 nitrogen and oxygen atoms in total. The van der Waals surface area contributed by atoms with Crippen LogP contribution in [0, 0.1) is 24.5 Å². The molecule has 0 unspecified atom stereocenters. The van der Waals surface area contributed by atoms with Gasteiger partial charge in [0.15, 0.2) is 11.6 Å². The minimum absolute atomic E-state index is 0.00278. The second-order valence-corrected chi connectivity index (χ2v) is 12.1. The molecule has 2 fully saturated rings. The van der Waals surface area contributed by atoms with E-state index in [1.54, 1.807) is 17.9 Å². The number of benzene rings is 2. The van der Waals surface area contributed by atoms with E-state index in [1.807, 2.05) is 37.7 Å². The van der Waals surface area contributed by atoms with Gasteiger partial charge in [-0.25, -0.2) is 13.8 Å². The topological polar surface area (TPSA) is 84.5 Å². The monoisotopic (exact) mass is 612 g/mol. The van der Waals surface area contributed by atoms with Crippen molar-refractivity contribution in [3.05, 3.63) is 53.0 Å². The number of carbonyl (C=O) groups excluding carboxylic acids is 1. The van der Waals surface area contributed by atoms with Gasteiger partial charge in [0.25, 0.3) is 0 Å². The molecule has 2 aliphatic heterocycles. The van der Waals surface area contributed by atoms with E-state index in [1.165, 1.54) is 12.1 Å². The van der Waals surface area contributed by atoms with Crippen LogP contribution in [0.1, 0.15) is 19.4 Å². The molecule has 0 spiro atoms. The van der Waals surface area contributed by atoms with Crippen LogP contribution in [-0.4, -0.2) is 94.3 Å². The predicted molar refractivity (Wildman–Crippen MR) is 162 cm³/mol. The number of carbonyl (C=O) groups is 1. The number of rotatable bonds is 5. The molecule has 0 aliphatic carbocycles. The number of anilines is 2. The molecule has 4 aromatic rings. The van der Waals surface area contributed by atoms with Crippen LogP contribution in [0.15, 0.2) is 24.8 Å². The summed E-state index contributed by atoms with van der Waals surface area (Å²) in [6.45, 7) is 11.3. The molecule has 4 heterocycles. The van der Waals surface area contributed by atoms with Crippen molar-refractivity contribution < 1.29 is 18.0 Å². The second kappa shape index (κ2) is 10.7. The highest BCUT2D eigenvalue weighted by Crippen LogP contribution is 2.44. The van der Waals surface area contributed by atoms with Crippen LogP contribution in [0.3, 0.4) is 0 Å². The molecule has 226 valence electrons. The van der Waals surface area contributed by atoms with E-state index in [4.69, 9.17) is 16.6 Å². The first-order valence-corrected chi connectivity index (χ1v) is 14.4. The van der Waals surface area contributed by atoms with Crippen molar-refractivity contribution in [3.8, 4) is 11.1 Å². The molecule has 1 amide bonds. The van der Waals surface area contributed by atoms with Crippen LogP contribution in [0.4, 0.5) is 24.9 Å². The van der Waals surface area contributed by atoms with E-state index in [0.29, 0.717) is 54.9 Å². The number of aromatic nitrogens is 4. The number of piperazine rings is 1. The van der Waals surface area contributed by atoms with Crippen molar-refractivity contribution in [1.29, 1.82) is 0 Å². The summed E-state index contributed by atoms with van der Waals surface area (Å²) < 4.78 is 46.4. The Morgan fingerprint density at radius 2 is 1.79 bits per heavy atom. The summed E-state index contributed by atoms with van der Waals surface area (Å²) in [6.07, 6.45) is 1.30. The van der Waals surface area contributed by atoms with E-state index in [9.17, 15) is 13.6 Å². The Kier molecular flexibility index (Phi) is 7.24. The maximum Gasteiger partial charge on any atom is 0.246 e. The first-order valence-electron chi connectivity index (χ1n) is 14.0. The molecule has 0 radical (unpaired) electrons. The number of likely N-dealkylation sites (N-methyl/N-ethyl adjacent to an activating group) is 1. The van der Waals surface area contributed by atoms with Gasteiger partial charge >= 0.3 is 0 Å². The fraction of sp³-hybridized carbons (Fsp3) is 0.400. The van der Waals surface area contributed by atoms with Gasteiger partial charge in [0, 0.05) is 60.8 Å². The fourth-order valence-corrected chi connectivity index (χ4v) is 6.41. The first kappa shape index (κ1) is 29.2. The van der Waals surface area contributed by atoms with Gasteiger partial charge in [0.2, 0.25) is 17.8 Å². The Hall–Kier alpha value is -3.90. The summed E-state index contributed by atoms with van der Waals surface area (Å²) in [5.74, 6) is -1.71. The van der Waals surface area contributed by atoms with Gasteiger partial charge in [-0.2, -0.15) is 14.5 Å². The zero-order valence-corrected chi connectivity index (χ0v) is 25.3. The molecule has 6 rings (SSSR count). The Bertz CT molecular complexity index is 1790. The minimum atomic E-state index is -0.891. The standard InChI is InChI=1S/C30H32ClF3N8O/c1-7-21(43)41-10-16(4)42(11-15(41)3)29-18-9-19(31)23(22-14(2)8-20(32)27-24(22)28(34)38-37-27)25(33)26(18)35-30(36-29)40-12-17(13-40)39(5)6/h7-9,15-17H,1,10-13H2,2-6H3,(H,37,38)/t15-,16+/m1/s1. The lowest BCUT2D eigenvalue weighted by atomic mass is 9.94. The van der Waals surface area contributed by atoms with E-state index >= 15 is 4.39 Å².